The smallest absolute Gasteiger partial charge is 0.234 e. The van der Waals surface area contributed by atoms with E-state index in [0.717, 1.165) is 28.1 Å². The van der Waals surface area contributed by atoms with Crippen molar-refractivity contribution in [3.63, 3.8) is 0 Å². The number of benzene rings is 2. The Hall–Kier alpha value is -3.00. The normalized spacial score (nSPS) is 10.9. The van der Waals surface area contributed by atoms with E-state index in [1.54, 1.807) is 0 Å². The lowest BCUT2D eigenvalue weighted by Crippen LogP contribution is -2.17. The van der Waals surface area contributed by atoms with Crippen molar-refractivity contribution >= 4 is 23.4 Å². The molecule has 3 N–H and O–H groups in total. The highest BCUT2D eigenvalue weighted by molar-refractivity contribution is 7.99. The predicted octanol–water partition coefficient (Wildman–Crippen LogP) is 3.79. The van der Waals surface area contributed by atoms with Crippen molar-refractivity contribution in [3.8, 4) is 17.1 Å². The zero-order valence-electron chi connectivity index (χ0n) is 17.0. The minimum absolute atomic E-state index is 0.0718. The van der Waals surface area contributed by atoms with Gasteiger partial charge in [-0.05, 0) is 51.0 Å². The minimum Gasteiger partial charge on any atom is -0.491 e. The van der Waals surface area contributed by atoms with E-state index in [0.29, 0.717) is 11.0 Å². The van der Waals surface area contributed by atoms with Gasteiger partial charge in [-0.3, -0.25) is 4.79 Å². The first-order valence-corrected chi connectivity index (χ1v) is 10.3. The molecule has 3 aromatic rings. The van der Waals surface area contributed by atoms with Gasteiger partial charge in [-0.2, -0.15) is 0 Å². The Kier molecular flexibility index (Phi) is 6.43. The number of nitrogen functional groups attached to an aromatic ring is 1. The summed E-state index contributed by atoms with van der Waals surface area (Å²) in [7, 11) is 0. The Bertz CT molecular complexity index is 996. The van der Waals surface area contributed by atoms with Crippen LogP contribution in [-0.2, 0) is 4.79 Å². The number of nitrogens with one attached hydrogen (secondary N) is 1. The Labute approximate surface area is 174 Å². The van der Waals surface area contributed by atoms with E-state index >= 15 is 0 Å². The van der Waals surface area contributed by atoms with Crippen LogP contribution in [0.25, 0.3) is 11.4 Å². The van der Waals surface area contributed by atoms with Crippen molar-refractivity contribution in [1.29, 1.82) is 0 Å². The van der Waals surface area contributed by atoms with Gasteiger partial charge in [0.15, 0.2) is 5.82 Å². The molecule has 7 nitrogen and oxygen atoms in total. The summed E-state index contributed by atoms with van der Waals surface area (Å²) in [6.45, 7) is 7.87. The van der Waals surface area contributed by atoms with E-state index in [1.807, 2.05) is 70.2 Å². The fourth-order valence-electron chi connectivity index (χ4n) is 2.87. The summed E-state index contributed by atoms with van der Waals surface area (Å²) in [6, 6.07) is 13.4. The molecule has 1 aromatic heterocycles. The second-order valence-corrected chi connectivity index (χ2v) is 7.92. The van der Waals surface area contributed by atoms with Gasteiger partial charge in [0.05, 0.1) is 11.9 Å². The van der Waals surface area contributed by atoms with Gasteiger partial charge in [-0.1, -0.05) is 42.1 Å². The minimum atomic E-state index is -0.121. The predicted molar refractivity (Wildman–Crippen MR) is 117 cm³/mol. The van der Waals surface area contributed by atoms with Crippen molar-refractivity contribution in [3.05, 3.63) is 53.6 Å². The molecule has 0 bridgehead atoms. The highest BCUT2D eigenvalue weighted by Gasteiger charge is 2.15. The molecular formula is C21H25N5O2S. The maximum Gasteiger partial charge on any atom is 0.234 e. The van der Waals surface area contributed by atoms with Gasteiger partial charge in [0.25, 0.3) is 0 Å². The molecule has 152 valence electrons. The number of hydrogen-bond donors (Lipinski definition) is 2. The van der Waals surface area contributed by atoms with Crippen LogP contribution in [0.15, 0.2) is 47.6 Å². The Morgan fingerprint density at radius 1 is 1.17 bits per heavy atom. The van der Waals surface area contributed by atoms with Crippen LogP contribution < -0.4 is 15.9 Å². The van der Waals surface area contributed by atoms with Crippen molar-refractivity contribution < 1.29 is 9.53 Å². The molecule has 0 atom stereocenters. The van der Waals surface area contributed by atoms with Crippen LogP contribution in [0.5, 0.6) is 5.75 Å². The number of para-hydroxylation sites is 1. The largest absolute Gasteiger partial charge is 0.491 e. The number of aryl methyl sites for hydroxylation is 2. The van der Waals surface area contributed by atoms with E-state index in [1.165, 1.54) is 16.4 Å². The van der Waals surface area contributed by atoms with E-state index in [2.05, 4.69) is 15.5 Å². The van der Waals surface area contributed by atoms with Crippen LogP contribution in [-0.4, -0.2) is 32.6 Å². The number of thioether (sulfide) groups is 1. The number of aromatic nitrogens is 3. The van der Waals surface area contributed by atoms with Gasteiger partial charge >= 0.3 is 0 Å². The number of nitrogens with two attached hydrogens (primary N) is 1. The van der Waals surface area contributed by atoms with Crippen LogP contribution in [0, 0.1) is 13.8 Å². The number of ether oxygens (including phenoxy) is 1. The second-order valence-electron chi connectivity index (χ2n) is 6.97. The molecule has 0 saturated heterocycles. The summed E-state index contributed by atoms with van der Waals surface area (Å²) in [4.78, 5) is 12.4. The number of nitrogens with zero attached hydrogens (tertiary/aromatic N) is 3. The summed E-state index contributed by atoms with van der Waals surface area (Å²) < 4.78 is 7.12. The van der Waals surface area contributed by atoms with Gasteiger partial charge in [-0.25, -0.2) is 4.68 Å². The first-order chi connectivity index (χ1) is 13.8. The summed E-state index contributed by atoms with van der Waals surface area (Å²) in [5.41, 5.74) is 3.69. The maximum atomic E-state index is 12.4. The second kappa shape index (κ2) is 9.00. The van der Waals surface area contributed by atoms with E-state index in [-0.39, 0.29) is 17.8 Å². The fraction of sp³-hybridized carbons (Fsp3) is 0.286. The van der Waals surface area contributed by atoms with Crippen molar-refractivity contribution in [2.75, 3.05) is 16.9 Å². The molecule has 0 fully saturated rings. The molecule has 0 aliphatic rings. The summed E-state index contributed by atoms with van der Waals surface area (Å²) in [5, 5.41) is 11.7. The standard InChI is InChI=1S/C21H25N5O2S/c1-13(2)28-17-10-6-9-16(11-17)20-24-25-21(26(20)22)29-12-18(27)23-19-14(3)7-5-8-15(19)4/h5-11,13H,12,22H2,1-4H3,(H,23,27). The lowest BCUT2D eigenvalue weighted by atomic mass is 10.1. The number of carbonyl (C=O) groups is 1. The molecule has 8 heteroatoms. The molecule has 0 radical (unpaired) electrons. The Morgan fingerprint density at radius 2 is 1.86 bits per heavy atom. The van der Waals surface area contributed by atoms with Crippen molar-refractivity contribution in [2.24, 2.45) is 0 Å². The molecule has 0 aliphatic heterocycles. The van der Waals surface area contributed by atoms with Crippen LogP contribution in [0.2, 0.25) is 0 Å². The number of rotatable bonds is 7. The fourth-order valence-corrected chi connectivity index (χ4v) is 3.53. The third-order valence-electron chi connectivity index (χ3n) is 4.21. The van der Waals surface area contributed by atoms with Gasteiger partial charge in [-0.15, -0.1) is 10.2 Å². The first kappa shape index (κ1) is 20.7. The van der Waals surface area contributed by atoms with E-state index in [4.69, 9.17) is 10.6 Å². The van der Waals surface area contributed by atoms with Gasteiger partial charge in [0.1, 0.15) is 5.75 Å². The summed E-state index contributed by atoms with van der Waals surface area (Å²) in [5.74, 6) is 7.48. The van der Waals surface area contributed by atoms with Gasteiger partial charge in [0, 0.05) is 11.3 Å². The number of carbonyl (C=O) groups excluding carboxylic acids is 1. The van der Waals surface area contributed by atoms with Crippen molar-refractivity contribution in [1.82, 2.24) is 14.9 Å². The molecule has 1 amide bonds. The summed E-state index contributed by atoms with van der Waals surface area (Å²) >= 11 is 1.24. The van der Waals surface area contributed by atoms with Gasteiger partial charge < -0.3 is 15.9 Å². The number of hydrogen-bond acceptors (Lipinski definition) is 6. The zero-order chi connectivity index (χ0) is 21.0. The lowest BCUT2D eigenvalue weighted by molar-refractivity contribution is -0.113. The molecule has 3 rings (SSSR count). The quantitative estimate of drug-likeness (QED) is 0.454. The SMILES string of the molecule is Cc1cccc(C)c1NC(=O)CSc1nnc(-c2cccc(OC(C)C)c2)n1N. The average molecular weight is 412 g/mol. The molecule has 0 spiro atoms. The molecule has 0 unspecified atom stereocenters. The highest BCUT2D eigenvalue weighted by atomic mass is 32.2. The van der Waals surface area contributed by atoms with Crippen LogP contribution >= 0.6 is 11.8 Å². The Balaban J connectivity index is 1.68. The zero-order valence-corrected chi connectivity index (χ0v) is 17.8. The van der Waals surface area contributed by atoms with Crippen LogP contribution in [0.3, 0.4) is 0 Å². The van der Waals surface area contributed by atoms with Crippen LogP contribution in [0.1, 0.15) is 25.0 Å². The molecule has 29 heavy (non-hydrogen) atoms. The average Bonchev–Trinajstić information content (AvgIpc) is 3.03. The van der Waals surface area contributed by atoms with E-state index in [9.17, 15) is 4.79 Å². The molecule has 0 aliphatic carbocycles. The van der Waals surface area contributed by atoms with Gasteiger partial charge in [0.2, 0.25) is 11.1 Å². The molecule has 2 aromatic carbocycles. The number of anilines is 1. The molecule has 0 saturated carbocycles. The monoisotopic (exact) mass is 411 g/mol. The third-order valence-corrected chi connectivity index (χ3v) is 5.15. The number of amides is 1. The third kappa shape index (κ3) is 5.08. The maximum absolute atomic E-state index is 12.4. The summed E-state index contributed by atoms with van der Waals surface area (Å²) in [6.07, 6.45) is 0.0718. The lowest BCUT2D eigenvalue weighted by Gasteiger charge is -2.11. The topological polar surface area (TPSA) is 95.1 Å². The Morgan fingerprint density at radius 3 is 2.55 bits per heavy atom. The van der Waals surface area contributed by atoms with Crippen molar-refractivity contribution in [2.45, 2.75) is 39.0 Å². The molecular weight excluding hydrogens is 386 g/mol. The first-order valence-electron chi connectivity index (χ1n) is 9.31. The van der Waals surface area contributed by atoms with E-state index < -0.39 is 0 Å². The van der Waals surface area contributed by atoms with Crippen LogP contribution in [0.4, 0.5) is 5.69 Å². The highest BCUT2D eigenvalue weighted by Crippen LogP contribution is 2.26. The molecule has 1 heterocycles.